The summed E-state index contributed by atoms with van der Waals surface area (Å²) in [4.78, 5) is -0.183. The van der Waals surface area contributed by atoms with Gasteiger partial charge >= 0.3 is 6.18 Å². The molecule has 2 aromatic carbocycles. The fourth-order valence-electron chi connectivity index (χ4n) is 2.80. The van der Waals surface area contributed by atoms with Crippen LogP contribution in [0.4, 0.5) is 13.2 Å². The van der Waals surface area contributed by atoms with Crippen molar-refractivity contribution in [1.29, 1.82) is 0 Å². The van der Waals surface area contributed by atoms with Crippen molar-refractivity contribution in [3.8, 4) is 5.75 Å². The minimum Gasteiger partial charge on any atom is -0.490 e. The summed E-state index contributed by atoms with van der Waals surface area (Å²) in [5, 5.41) is 0.303. The number of benzene rings is 2. The topological polar surface area (TPSA) is 55.4 Å². The van der Waals surface area contributed by atoms with Gasteiger partial charge in [0.15, 0.2) is 6.04 Å². The Kier molecular flexibility index (Phi) is 6.91. The van der Waals surface area contributed by atoms with E-state index in [1.54, 1.807) is 23.8 Å². The Labute approximate surface area is 171 Å². The van der Waals surface area contributed by atoms with Crippen molar-refractivity contribution in [3.63, 3.8) is 0 Å². The molecule has 2 aromatic rings. The Morgan fingerprint density at radius 3 is 2.14 bits per heavy atom. The van der Waals surface area contributed by atoms with Gasteiger partial charge < -0.3 is 4.74 Å². The molecule has 1 atom stereocenters. The molecule has 0 spiro atoms. The third-order valence-electron chi connectivity index (χ3n) is 3.87. The predicted octanol–water partition coefficient (Wildman–Crippen LogP) is 5.21. The summed E-state index contributed by atoms with van der Waals surface area (Å²) in [7, 11) is -4.45. The number of sulfonamides is 1. The van der Waals surface area contributed by atoms with Crippen LogP contribution in [0, 0.1) is 20.8 Å². The molecule has 0 aliphatic heterocycles. The molecule has 0 amide bonds. The van der Waals surface area contributed by atoms with E-state index in [9.17, 15) is 21.6 Å². The van der Waals surface area contributed by atoms with Crippen LogP contribution in [0.1, 0.15) is 16.7 Å². The van der Waals surface area contributed by atoms with E-state index < -0.39 is 28.8 Å². The molecule has 154 valence electrons. The van der Waals surface area contributed by atoms with Crippen molar-refractivity contribution >= 4 is 33.2 Å². The maximum Gasteiger partial charge on any atom is 0.408 e. The van der Waals surface area contributed by atoms with Gasteiger partial charge in [0.1, 0.15) is 12.4 Å². The number of ether oxygens (including phenoxy) is 1. The molecule has 0 bridgehead atoms. The van der Waals surface area contributed by atoms with E-state index in [4.69, 9.17) is 27.9 Å². The van der Waals surface area contributed by atoms with E-state index in [-0.39, 0.29) is 20.7 Å². The standard InChI is InChI=1S/C18H18Cl2F3NO3S/c1-10-6-11(2)17(12(3)7-10)28(25,26)24-16(18(21,22)23)9-27-15-5-4-13(19)8-14(15)20/h4-8,16,24H,9H2,1-3H3. The predicted molar refractivity (Wildman–Crippen MR) is 103 cm³/mol. The summed E-state index contributed by atoms with van der Waals surface area (Å²) in [5.74, 6) is -0.0396. The lowest BCUT2D eigenvalue weighted by atomic mass is 10.1. The van der Waals surface area contributed by atoms with E-state index in [1.807, 2.05) is 0 Å². The summed E-state index contributed by atoms with van der Waals surface area (Å²) in [6.45, 7) is 3.84. The highest BCUT2D eigenvalue weighted by Gasteiger charge is 2.43. The van der Waals surface area contributed by atoms with Crippen LogP contribution in [-0.2, 0) is 10.0 Å². The van der Waals surface area contributed by atoms with Gasteiger partial charge in [0.05, 0.1) is 9.92 Å². The molecule has 0 aromatic heterocycles. The molecule has 0 aliphatic rings. The van der Waals surface area contributed by atoms with E-state index >= 15 is 0 Å². The molecule has 0 saturated heterocycles. The molecule has 1 N–H and O–H groups in total. The summed E-state index contributed by atoms with van der Waals surface area (Å²) < 4.78 is 72.4. The molecule has 10 heteroatoms. The van der Waals surface area contributed by atoms with Crippen molar-refractivity contribution in [1.82, 2.24) is 4.72 Å². The highest BCUT2D eigenvalue weighted by Crippen LogP contribution is 2.30. The van der Waals surface area contributed by atoms with Crippen molar-refractivity contribution in [3.05, 3.63) is 57.1 Å². The monoisotopic (exact) mass is 455 g/mol. The second-order valence-corrected chi connectivity index (χ2v) is 8.82. The first-order valence-corrected chi connectivity index (χ1v) is 10.3. The molecule has 0 heterocycles. The maximum atomic E-state index is 13.4. The smallest absolute Gasteiger partial charge is 0.408 e. The third-order valence-corrected chi connectivity index (χ3v) is 6.17. The van der Waals surface area contributed by atoms with Gasteiger partial charge in [-0.15, -0.1) is 0 Å². The molecule has 1 unspecified atom stereocenters. The number of aryl methyl sites for hydroxylation is 3. The number of rotatable bonds is 6. The van der Waals surface area contributed by atoms with Crippen LogP contribution in [0.2, 0.25) is 10.0 Å². The van der Waals surface area contributed by atoms with Crippen LogP contribution in [0.3, 0.4) is 0 Å². The van der Waals surface area contributed by atoms with Gasteiger partial charge in [-0.25, -0.2) is 8.42 Å². The van der Waals surface area contributed by atoms with E-state index in [0.717, 1.165) is 5.56 Å². The minimum absolute atomic E-state index is 0.0153. The van der Waals surface area contributed by atoms with Gasteiger partial charge in [-0.3, -0.25) is 0 Å². The molecule has 0 saturated carbocycles. The molecule has 0 radical (unpaired) electrons. The zero-order chi connectivity index (χ0) is 21.3. The fraction of sp³-hybridized carbons (Fsp3) is 0.333. The van der Waals surface area contributed by atoms with Crippen molar-refractivity contribution in [2.75, 3.05) is 6.61 Å². The Bertz CT molecular complexity index is 956. The fourth-order valence-corrected chi connectivity index (χ4v) is 4.92. The number of alkyl halides is 3. The lowest BCUT2D eigenvalue weighted by Gasteiger charge is -2.23. The average Bonchev–Trinajstić information content (AvgIpc) is 2.50. The third kappa shape index (κ3) is 5.53. The van der Waals surface area contributed by atoms with Crippen LogP contribution in [-0.4, -0.2) is 27.2 Å². The summed E-state index contributed by atoms with van der Waals surface area (Å²) in [6.07, 6.45) is -4.88. The first-order valence-electron chi connectivity index (χ1n) is 8.06. The number of hydrogen-bond donors (Lipinski definition) is 1. The second kappa shape index (κ2) is 8.49. The van der Waals surface area contributed by atoms with Gasteiger partial charge in [0.25, 0.3) is 0 Å². The lowest BCUT2D eigenvalue weighted by Crippen LogP contribution is -2.49. The Balaban J connectivity index is 2.29. The molecular formula is C18H18Cl2F3NO3S. The van der Waals surface area contributed by atoms with Crippen molar-refractivity contribution in [2.45, 2.75) is 37.9 Å². The molecule has 0 aliphatic carbocycles. The van der Waals surface area contributed by atoms with Crippen LogP contribution in [0.15, 0.2) is 35.2 Å². The van der Waals surface area contributed by atoms with Crippen LogP contribution < -0.4 is 9.46 Å². The lowest BCUT2D eigenvalue weighted by molar-refractivity contribution is -0.157. The zero-order valence-electron chi connectivity index (χ0n) is 15.2. The molecule has 28 heavy (non-hydrogen) atoms. The highest BCUT2D eigenvalue weighted by molar-refractivity contribution is 7.89. The van der Waals surface area contributed by atoms with E-state index in [0.29, 0.717) is 11.1 Å². The van der Waals surface area contributed by atoms with Crippen molar-refractivity contribution in [2.24, 2.45) is 0 Å². The normalized spacial score (nSPS) is 13.4. The molecular weight excluding hydrogens is 438 g/mol. The Morgan fingerprint density at radius 1 is 1.07 bits per heavy atom. The second-order valence-electron chi connectivity index (χ2n) is 6.33. The average molecular weight is 456 g/mol. The van der Waals surface area contributed by atoms with E-state index in [1.165, 1.54) is 32.0 Å². The van der Waals surface area contributed by atoms with Crippen LogP contribution in [0.5, 0.6) is 5.75 Å². The van der Waals surface area contributed by atoms with Gasteiger partial charge in [-0.1, -0.05) is 40.9 Å². The first-order chi connectivity index (χ1) is 12.8. The summed E-state index contributed by atoms with van der Waals surface area (Å²) >= 11 is 11.6. The molecule has 0 fully saturated rings. The van der Waals surface area contributed by atoms with E-state index in [2.05, 4.69) is 0 Å². The number of nitrogens with one attached hydrogen (secondary N) is 1. The van der Waals surface area contributed by atoms with Gasteiger partial charge in [-0.05, 0) is 50.1 Å². The highest BCUT2D eigenvalue weighted by atomic mass is 35.5. The Morgan fingerprint density at radius 2 is 1.64 bits per heavy atom. The number of halogens is 5. The summed E-state index contributed by atoms with van der Waals surface area (Å²) in [6, 6.07) is 4.73. The summed E-state index contributed by atoms with van der Waals surface area (Å²) in [5.41, 5.74) is 1.52. The molecule has 4 nitrogen and oxygen atoms in total. The minimum atomic E-state index is -4.88. The van der Waals surface area contributed by atoms with Crippen molar-refractivity contribution < 1.29 is 26.3 Å². The quantitative estimate of drug-likeness (QED) is 0.650. The Hall–Kier alpha value is -1.48. The molecule has 2 rings (SSSR count). The number of hydrogen-bond acceptors (Lipinski definition) is 3. The SMILES string of the molecule is Cc1cc(C)c(S(=O)(=O)NC(COc2ccc(Cl)cc2Cl)C(F)(F)F)c(C)c1. The van der Waals surface area contributed by atoms with Crippen LogP contribution >= 0.6 is 23.2 Å². The zero-order valence-corrected chi connectivity index (χ0v) is 17.5. The first kappa shape index (κ1) is 22.8. The maximum absolute atomic E-state index is 13.4. The van der Waals surface area contributed by atoms with Gasteiger partial charge in [0.2, 0.25) is 10.0 Å². The largest absolute Gasteiger partial charge is 0.490 e. The van der Waals surface area contributed by atoms with Gasteiger partial charge in [0, 0.05) is 5.02 Å². The van der Waals surface area contributed by atoms with Crippen LogP contribution in [0.25, 0.3) is 0 Å². The van der Waals surface area contributed by atoms with Gasteiger partial charge in [-0.2, -0.15) is 17.9 Å².